The summed E-state index contributed by atoms with van der Waals surface area (Å²) in [5.41, 5.74) is 0.467. The molecule has 0 amide bonds. The highest BCUT2D eigenvalue weighted by molar-refractivity contribution is 5.70. The minimum atomic E-state index is -2.88. The quantitative estimate of drug-likeness (QED) is 0.715. The van der Waals surface area contributed by atoms with Gasteiger partial charge in [-0.25, -0.2) is 9.78 Å². The van der Waals surface area contributed by atoms with Gasteiger partial charge >= 0.3 is 12.3 Å². The molecule has 0 radical (unpaired) electrons. The van der Waals surface area contributed by atoms with Gasteiger partial charge in [-0.05, 0) is 17.7 Å². The van der Waals surface area contributed by atoms with E-state index in [1.165, 1.54) is 37.1 Å². The summed E-state index contributed by atoms with van der Waals surface area (Å²) in [4.78, 5) is 28.4. The fourth-order valence-electron chi connectivity index (χ4n) is 2.49. The van der Waals surface area contributed by atoms with Crippen LogP contribution in [0.4, 0.5) is 8.78 Å². The molecule has 9 heteroatoms. The molecule has 0 atom stereocenters. The Balaban J connectivity index is 1.99. The zero-order valence-electron chi connectivity index (χ0n) is 12.9. The van der Waals surface area contributed by atoms with Crippen LogP contribution in [0.1, 0.15) is 5.56 Å². The van der Waals surface area contributed by atoms with E-state index >= 15 is 0 Å². The standard InChI is InChI=1S/C15H14F2N4O3/c1-19-12-11(13(22)20(2)15(19)23)21(8-18-12)7-9-3-5-10(6-4-9)24-14(16)17/h3-6,8,14H,7H2,1-2H3. The van der Waals surface area contributed by atoms with Crippen LogP contribution in [0.2, 0.25) is 0 Å². The van der Waals surface area contributed by atoms with E-state index in [0.29, 0.717) is 17.7 Å². The molecule has 0 N–H and O–H groups in total. The molecule has 24 heavy (non-hydrogen) atoms. The van der Waals surface area contributed by atoms with E-state index in [0.717, 1.165) is 10.1 Å². The average molecular weight is 336 g/mol. The third kappa shape index (κ3) is 2.68. The van der Waals surface area contributed by atoms with Gasteiger partial charge in [-0.3, -0.25) is 13.9 Å². The fraction of sp³-hybridized carbons (Fsp3) is 0.267. The molecule has 0 aliphatic heterocycles. The van der Waals surface area contributed by atoms with E-state index in [4.69, 9.17) is 0 Å². The molecule has 0 spiro atoms. The molecule has 1 aromatic carbocycles. The minimum Gasteiger partial charge on any atom is -0.435 e. The molecule has 3 aromatic rings. The highest BCUT2D eigenvalue weighted by Crippen LogP contribution is 2.16. The molecular weight excluding hydrogens is 322 g/mol. The maximum Gasteiger partial charge on any atom is 0.387 e. The molecular formula is C15H14F2N4O3. The number of halogens is 2. The molecule has 2 aromatic heterocycles. The van der Waals surface area contributed by atoms with Crippen LogP contribution in [0.5, 0.6) is 5.75 Å². The lowest BCUT2D eigenvalue weighted by atomic mass is 10.2. The van der Waals surface area contributed by atoms with E-state index in [1.54, 1.807) is 16.7 Å². The van der Waals surface area contributed by atoms with Crippen LogP contribution in [0.3, 0.4) is 0 Å². The summed E-state index contributed by atoms with van der Waals surface area (Å²) in [6.07, 6.45) is 1.47. The predicted octanol–water partition coefficient (Wildman–Crippen LogP) is 1.08. The summed E-state index contributed by atoms with van der Waals surface area (Å²) in [5.74, 6) is 0.0579. The first kappa shape index (κ1) is 15.9. The van der Waals surface area contributed by atoms with Crippen molar-refractivity contribution in [2.24, 2.45) is 14.1 Å². The molecule has 0 saturated carbocycles. The van der Waals surface area contributed by atoms with Gasteiger partial charge in [0.2, 0.25) is 0 Å². The SMILES string of the molecule is Cn1c(=O)c2c(ncn2Cc2ccc(OC(F)F)cc2)n(C)c1=O. The third-order valence-corrected chi connectivity index (χ3v) is 3.72. The molecule has 0 unspecified atom stereocenters. The van der Waals surface area contributed by atoms with Crippen LogP contribution in [0.25, 0.3) is 11.2 Å². The number of imidazole rings is 1. The summed E-state index contributed by atoms with van der Waals surface area (Å²) in [5, 5.41) is 0. The Morgan fingerprint density at radius 3 is 2.42 bits per heavy atom. The van der Waals surface area contributed by atoms with Crippen molar-refractivity contribution in [2.75, 3.05) is 0 Å². The van der Waals surface area contributed by atoms with Crippen molar-refractivity contribution < 1.29 is 13.5 Å². The second-order valence-corrected chi connectivity index (χ2v) is 5.27. The molecule has 2 heterocycles. The van der Waals surface area contributed by atoms with Gasteiger partial charge in [-0.15, -0.1) is 0 Å². The molecule has 0 saturated heterocycles. The van der Waals surface area contributed by atoms with Gasteiger partial charge in [0.1, 0.15) is 5.75 Å². The maximum atomic E-state index is 12.3. The Hall–Kier alpha value is -2.97. The number of aromatic nitrogens is 4. The van der Waals surface area contributed by atoms with Gasteiger partial charge < -0.3 is 9.30 Å². The van der Waals surface area contributed by atoms with Crippen molar-refractivity contribution in [3.8, 4) is 5.75 Å². The molecule has 126 valence electrons. The predicted molar refractivity (Wildman–Crippen MR) is 82.4 cm³/mol. The Morgan fingerprint density at radius 2 is 1.79 bits per heavy atom. The van der Waals surface area contributed by atoms with E-state index in [1.807, 2.05) is 0 Å². The van der Waals surface area contributed by atoms with Gasteiger partial charge in [-0.1, -0.05) is 12.1 Å². The van der Waals surface area contributed by atoms with Crippen LogP contribution in [-0.4, -0.2) is 25.3 Å². The van der Waals surface area contributed by atoms with Crippen LogP contribution >= 0.6 is 0 Å². The lowest BCUT2D eigenvalue weighted by Gasteiger charge is -2.08. The van der Waals surface area contributed by atoms with Crippen molar-refractivity contribution in [1.82, 2.24) is 18.7 Å². The number of hydrogen-bond acceptors (Lipinski definition) is 4. The largest absolute Gasteiger partial charge is 0.435 e. The summed E-state index contributed by atoms with van der Waals surface area (Å²) < 4.78 is 32.5. The summed E-state index contributed by atoms with van der Waals surface area (Å²) >= 11 is 0. The molecule has 7 nitrogen and oxygen atoms in total. The number of hydrogen-bond donors (Lipinski definition) is 0. The summed E-state index contributed by atoms with van der Waals surface area (Å²) in [6.45, 7) is -2.57. The van der Waals surface area contributed by atoms with E-state index in [9.17, 15) is 18.4 Å². The van der Waals surface area contributed by atoms with Crippen LogP contribution in [0, 0.1) is 0 Å². The third-order valence-electron chi connectivity index (χ3n) is 3.72. The Labute approximate surface area is 134 Å². The number of rotatable bonds is 4. The first-order valence-corrected chi connectivity index (χ1v) is 7.03. The van der Waals surface area contributed by atoms with Crippen LogP contribution in [-0.2, 0) is 20.6 Å². The summed E-state index contributed by atoms with van der Waals surface area (Å²) in [7, 11) is 2.94. The zero-order valence-corrected chi connectivity index (χ0v) is 12.9. The van der Waals surface area contributed by atoms with Crippen molar-refractivity contribution in [2.45, 2.75) is 13.2 Å². The second-order valence-electron chi connectivity index (χ2n) is 5.27. The monoisotopic (exact) mass is 336 g/mol. The lowest BCUT2D eigenvalue weighted by molar-refractivity contribution is -0.0498. The molecule has 0 bridgehead atoms. The van der Waals surface area contributed by atoms with E-state index < -0.39 is 17.9 Å². The van der Waals surface area contributed by atoms with Gasteiger partial charge in [0.15, 0.2) is 11.2 Å². The number of nitrogens with zero attached hydrogens (tertiary/aromatic N) is 4. The second kappa shape index (κ2) is 5.91. The number of benzene rings is 1. The van der Waals surface area contributed by atoms with Crippen molar-refractivity contribution in [3.05, 3.63) is 57.0 Å². The van der Waals surface area contributed by atoms with Crippen molar-refractivity contribution >= 4 is 11.2 Å². The topological polar surface area (TPSA) is 71.0 Å². The highest BCUT2D eigenvalue weighted by atomic mass is 19.3. The van der Waals surface area contributed by atoms with Crippen molar-refractivity contribution in [1.29, 1.82) is 0 Å². The number of alkyl halides is 2. The molecule has 3 rings (SSSR count). The van der Waals surface area contributed by atoms with Gasteiger partial charge in [0, 0.05) is 20.6 Å². The lowest BCUT2D eigenvalue weighted by Crippen LogP contribution is -2.37. The van der Waals surface area contributed by atoms with E-state index in [2.05, 4.69) is 9.72 Å². The smallest absolute Gasteiger partial charge is 0.387 e. The van der Waals surface area contributed by atoms with Crippen LogP contribution < -0.4 is 16.0 Å². The average Bonchev–Trinajstić information content (AvgIpc) is 2.96. The maximum absolute atomic E-state index is 12.3. The number of ether oxygens (including phenoxy) is 1. The van der Waals surface area contributed by atoms with Crippen LogP contribution in [0.15, 0.2) is 40.2 Å². The number of fused-ring (bicyclic) bond motifs is 1. The van der Waals surface area contributed by atoms with Gasteiger partial charge in [-0.2, -0.15) is 8.78 Å². The van der Waals surface area contributed by atoms with E-state index in [-0.39, 0.29) is 5.75 Å². The molecule has 0 aliphatic rings. The Bertz CT molecular complexity index is 1000. The normalized spacial score (nSPS) is 11.4. The highest BCUT2D eigenvalue weighted by Gasteiger charge is 2.14. The first-order chi connectivity index (χ1) is 11.4. The molecule has 0 aliphatic carbocycles. The minimum absolute atomic E-state index is 0.0579. The van der Waals surface area contributed by atoms with Gasteiger partial charge in [0.05, 0.1) is 6.33 Å². The van der Waals surface area contributed by atoms with Crippen molar-refractivity contribution in [3.63, 3.8) is 0 Å². The molecule has 0 fully saturated rings. The summed E-state index contributed by atoms with van der Waals surface area (Å²) in [6, 6.07) is 6.09. The Kier molecular flexibility index (Phi) is 3.92. The Morgan fingerprint density at radius 1 is 1.12 bits per heavy atom. The number of aryl methyl sites for hydroxylation is 1. The fourth-order valence-corrected chi connectivity index (χ4v) is 2.49. The van der Waals surface area contributed by atoms with Gasteiger partial charge in [0.25, 0.3) is 5.56 Å². The zero-order chi connectivity index (χ0) is 17.4. The first-order valence-electron chi connectivity index (χ1n) is 7.03.